The smallest absolute Gasteiger partial charge is 0.191 e. The fraction of sp³-hybridized carbons (Fsp3) is 0.278. The Labute approximate surface area is 161 Å². The molecule has 7 heteroatoms. The number of rotatable bonds is 4. The van der Waals surface area contributed by atoms with E-state index in [4.69, 9.17) is 0 Å². The fourth-order valence-corrected chi connectivity index (χ4v) is 2.74. The standard InChI is InChI=1S/C18H18F3N3.HI/c1-22-18(23-10-11-4-2-5-12(19)8-11)24-16-9-13(16)17-14(20)6-3-7-15(17)21;/h2-8,13,16H,9-10H2,1H3,(H2,22,23,24);1H. The maximum absolute atomic E-state index is 13.8. The summed E-state index contributed by atoms with van der Waals surface area (Å²) in [5.41, 5.74) is 0.904. The summed E-state index contributed by atoms with van der Waals surface area (Å²) in [4.78, 5) is 4.09. The molecule has 2 aromatic rings. The highest BCUT2D eigenvalue weighted by atomic mass is 127. The van der Waals surface area contributed by atoms with Crippen molar-refractivity contribution in [2.24, 2.45) is 4.99 Å². The van der Waals surface area contributed by atoms with Crippen molar-refractivity contribution in [3.8, 4) is 0 Å². The Hall–Kier alpha value is -1.77. The van der Waals surface area contributed by atoms with Gasteiger partial charge in [0.25, 0.3) is 0 Å². The summed E-state index contributed by atoms with van der Waals surface area (Å²) >= 11 is 0. The van der Waals surface area contributed by atoms with Crippen molar-refractivity contribution >= 4 is 29.9 Å². The third kappa shape index (κ3) is 4.87. The first-order valence-electron chi connectivity index (χ1n) is 7.74. The fourth-order valence-electron chi connectivity index (χ4n) is 2.74. The van der Waals surface area contributed by atoms with Gasteiger partial charge in [-0.05, 0) is 36.2 Å². The molecule has 134 valence electrons. The minimum Gasteiger partial charge on any atom is -0.353 e. The van der Waals surface area contributed by atoms with E-state index in [-0.39, 0.29) is 47.3 Å². The molecule has 0 spiro atoms. The van der Waals surface area contributed by atoms with Crippen molar-refractivity contribution in [2.45, 2.75) is 24.9 Å². The van der Waals surface area contributed by atoms with E-state index in [9.17, 15) is 13.2 Å². The lowest BCUT2D eigenvalue weighted by atomic mass is 10.1. The van der Waals surface area contributed by atoms with Crippen molar-refractivity contribution in [3.05, 3.63) is 71.0 Å². The Kier molecular flexibility index (Phi) is 6.69. The number of nitrogens with one attached hydrogen (secondary N) is 2. The van der Waals surface area contributed by atoms with Crippen LogP contribution in [0.4, 0.5) is 13.2 Å². The second-order valence-electron chi connectivity index (χ2n) is 5.78. The van der Waals surface area contributed by atoms with Crippen molar-refractivity contribution < 1.29 is 13.2 Å². The molecular weight excluding hydrogens is 442 g/mol. The van der Waals surface area contributed by atoms with Gasteiger partial charge < -0.3 is 10.6 Å². The third-order valence-electron chi connectivity index (χ3n) is 4.06. The lowest BCUT2D eigenvalue weighted by Crippen LogP contribution is -2.38. The molecule has 1 saturated carbocycles. The lowest BCUT2D eigenvalue weighted by Gasteiger charge is -2.12. The van der Waals surface area contributed by atoms with Gasteiger partial charge in [-0.3, -0.25) is 4.99 Å². The highest BCUT2D eigenvalue weighted by molar-refractivity contribution is 14.0. The highest BCUT2D eigenvalue weighted by Crippen LogP contribution is 2.43. The molecule has 1 aliphatic rings. The van der Waals surface area contributed by atoms with Gasteiger partial charge in [0, 0.05) is 31.1 Å². The summed E-state index contributed by atoms with van der Waals surface area (Å²) in [5.74, 6) is -1.03. The molecule has 1 fully saturated rings. The minimum atomic E-state index is -0.521. The van der Waals surface area contributed by atoms with Crippen molar-refractivity contribution in [1.82, 2.24) is 10.6 Å². The van der Waals surface area contributed by atoms with Gasteiger partial charge in [0.2, 0.25) is 0 Å². The summed E-state index contributed by atoms with van der Waals surface area (Å²) in [6.45, 7) is 0.406. The monoisotopic (exact) mass is 461 g/mol. The van der Waals surface area contributed by atoms with E-state index in [0.29, 0.717) is 18.9 Å². The molecule has 0 amide bonds. The van der Waals surface area contributed by atoms with Crippen molar-refractivity contribution in [3.63, 3.8) is 0 Å². The van der Waals surface area contributed by atoms with Gasteiger partial charge in [-0.1, -0.05) is 18.2 Å². The maximum atomic E-state index is 13.8. The molecule has 2 N–H and O–H groups in total. The second kappa shape index (κ2) is 8.55. The quantitative estimate of drug-likeness (QED) is 0.411. The van der Waals surface area contributed by atoms with Crippen LogP contribution in [0.5, 0.6) is 0 Å². The summed E-state index contributed by atoms with van der Waals surface area (Å²) in [5, 5.41) is 6.21. The molecule has 3 nitrogen and oxygen atoms in total. The van der Waals surface area contributed by atoms with E-state index in [2.05, 4.69) is 15.6 Å². The summed E-state index contributed by atoms with van der Waals surface area (Å²) in [6.07, 6.45) is 0.637. The number of hydrogen-bond acceptors (Lipinski definition) is 1. The van der Waals surface area contributed by atoms with Crippen LogP contribution in [0.2, 0.25) is 0 Å². The summed E-state index contributed by atoms with van der Waals surface area (Å²) in [7, 11) is 1.61. The maximum Gasteiger partial charge on any atom is 0.191 e. The number of halogens is 4. The third-order valence-corrected chi connectivity index (χ3v) is 4.06. The molecule has 2 aromatic carbocycles. The van der Waals surface area contributed by atoms with E-state index < -0.39 is 11.6 Å². The zero-order valence-corrected chi connectivity index (χ0v) is 15.9. The number of nitrogens with zero attached hydrogens (tertiary/aromatic N) is 1. The Morgan fingerprint density at radius 2 is 1.80 bits per heavy atom. The molecule has 0 bridgehead atoms. The molecular formula is C18H19F3IN3. The Morgan fingerprint density at radius 3 is 2.44 bits per heavy atom. The Balaban J connectivity index is 0.00000225. The molecule has 2 unspecified atom stereocenters. The van der Waals surface area contributed by atoms with Gasteiger partial charge >= 0.3 is 0 Å². The van der Waals surface area contributed by atoms with Gasteiger partial charge in [-0.25, -0.2) is 13.2 Å². The largest absolute Gasteiger partial charge is 0.353 e. The van der Waals surface area contributed by atoms with E-state index in [1.165, 1.54) is 30.3 Å². The number of benzene rings is 2. The van der Waals surface area contributed by atoms with Crippen LogP contribution in [0.1, 0.15) is 23.5 Å². The summed E-state index contributed by atoms with van der Waals surface area (Å²) < 4.78 is 40.7. The molecule has 25 heavy (non-hydrogen) atoms. The zero-order chi connectivity index (χ0) is 17.1. The molecule has 0 aromatic heterocycles. The topological polar surface area (TPSA) is 36.4 Å². The average molecular weight is 461 g/mol. The van der Waals surface area contributed by atoms with Gasteiger partial charge in [0.1, 0.15) is 17.5 Å². The molecule has 0 aliphatic heterocycles. The number of aliphatic imine (C=N–C) groups is 1. The second-order valence-corrected chi connectivity index (χ2v) is 5.78. The van der Waals surface area contributed by atoms with Crippen LogP contribution < -0.4 is 10.6 Å². The van der Waals surface area contributed by atoms with Crippen molar-refractivity contribution in [2.75, 3.05) is 7.05 Å². The van der Waals surface area contributed by atoms with E-state index in [0.717, 1.165) is 5.56 Å². The van der Waals surface area contributed by atoms with E-state index in [1.54, 1.807) is 19.2 Å². The van der Waals surface area contributed by atoms with Crippen molar-refractivity contribution in [1.29, 1.82) is 0 Å². The minimum absolute atomic E-state index is 0. The van der Waals surface area contributed by atoms with E-state index >= 15 is 0 Å². The van der Waals surface area contributed by atoms with Crippen LogP contribution in [0.25, 0.3) is 0 Å². The predicted molar refractivity (Wildman–Crippen MR) is 103 cm³/mol. The molecule has 0 saturated heterocycles. The summed E-state index contributed by atoms with van der Waals surface area (Å²) in [6, 6.07) is 10.1. The van der Waals surface area contributed by atoms with Gasteiger partial charge in [-0.2, -0.15) is 0 Å². The lowest BCUT2D eigenvalue weighted by molar-refractivity contribution is 0.553. The van der Waals surface area contributed by atoms with Crippen LogP contribution in [0, 0.1) is 17.5 Å². The number of guanidine groups is 1. The first-order valence-corrected chi connectivity index (χ1v) is 7.74. The van der Waals surface area contributed by atoms with Crippen LogP contribution in [-0.2, 0) is 6.54 Å². The first kappa shape index (κ1) is 19.6. The van der Waals surface area contributed by atoms with Crippen LogP contribution >= 0.6 is 24.0 Å². The normalized spacial score (nSPS) is 19.1. The molecule has 3 rings (SSSR count). The van der Waals surface area contributed by atoms with Crippen LogP contribution in [-0.4, -0.2) is 19.0 Å². The molecule has 0 radical (unpaired) electrons. The van der Waals surface area contributed by atoms with Crippen LogP contribution in [0.3, 0.4) is 0 Å². The average Bonchev–Trinajstić information content (AvgIpc) is 3.30. The number of hydrogen-bond donors (Lipinski definition) is 2. The Morgan fingerprint density at radius 1 is 1.12 bits per heavy atom. The van der Waals surface area contributed by atoms with Crippen LogP contribution in [0.15, 0.2) is 47.5 Å². The van der Waals surface area contributed by atoms with Gasteiger partial charge in [-0.15, -0.1) is 24.0 Å². The SMILES string of the molecule is CN=C(NCc1cccc(F)c1)NC1CC1c1c(F)cccc1F.I. The van der Waals surface area contributed by atoms with E-state index in [1.807, 2.05) is 0 Å². The van der Waals surface area contributed by atoms with Gasteiger partial charge in [0.15, 0.2) is 5.96 Å². The molecule has 1 aliphatic carbocycles. The zero-order valence-electron chi connectivity index (χ0n) is 13.6. The highest BCUT2D eigenvalue weighted by Gasteiger charge is 2.42. The first-order chi connectivity index (χ1) is 11.6. The molecule has 2 atom stereocenters. The predicted octanol–water partition coefficient (Wildman–Crippen LogP) is 3.94. The Bertz CT molecular complexity index is 747. The van der Waals surface area contributed by atoms with Gasteiger partial charge in [0.05, 0.1) is 0 Å². The molecule has 0 heterocycles.